The predicted octanol–water partition coefficient (Wildman–Crippen LogP) is 1.85. The lowest BCUT2D eigenvalue weighted by atomic mass is 10.1. The molecule has 1 amide bonds. The van der Waals surface area contributed by atoms with E-state index in [9.17, 15) is 9.59 Å². The Morgan fingerprint density at radius 1 is 1.50 bits per heavy atom. The number of hydrogen-bond donors (Lipinski definition) is 0. The number of hydrogen-bond acceptors (Lipinski definition) is 4. The van der Waals surface area contributed by atoms with E-state index in [0.717, 1.165) is 5.56 Å². The molecule has 96 valence electrons. The minimum Gasteiger partial charge on any atom is -0.496 e. The quantitative estimate of drug-likeness (QED) is 0.764. The fourth-order valence-electron chi connectivity index (χ4n) is 1.90. The third-order valence-corrected chi connectivity index (χ3v) is 2.89. The van der Waals surface area contributed by atoms with Crippen molar-refractivity contribution in [2.75, 3.05) is 20.3 Å². The fraction of sp³-hybridized carbons (Fsp3) is 0.385. The zero-order chi connectivity index (χ0) is 13.1. The number of Topliss-reactive ketones (excluding diaryl/α,β-unsaturated/α-hetero) is 1. The molecule has 1 aromatic rings. The Morgan fingerprint density at radius 2 is 2.28 bits per heavy atom. The van der Waals surface area contributed by atoms with E-state index >= 15 is 0 Å². The van der Waals surface area contributed by atoms with Gasteiger partial charge in [0.15, 0.2) is 5.78 Å². The van der Waals surface area contributed by atoms with Crippen molar-refractivity contribution in [3.05, 3.63) is 29.3 Å². The number of carbonyl (C=O) groups excluding carboxylic acids is 2. The van der Waals surface area contributed by atoms with E-state index in [-0.39, 0.29) is 11.9 Å². The first-order valence-corrected chi connectivity index (χ1v) is 5.71. The highest BCUT2D eigenvalue weighted by Crippen LogP contribution is 2.23. The van der Waals surface area contributed by atoms with Crippen molar-refractivity contribution >= 4 is 11.9 Å². The van der Waals surface area contributed by atoms with E-state index in [1.54, 1.807) is 30.2 Å². The first kappa shape index (κ1) is 12.4. The number of nitrogens with zero attached hydrogens (tertiary/aromatic N) is 1. The summed E-state index contributed by atoms with van der Waals surface area (Å²) in [5.41, 5.74) is 1.42. The van der Waals surface area contributed by atoms with Crippen molar-refractivity contribution in [1.29, 1.82) is 0 Å². The second-order valence-corrected chi connectivity index (χ2v) is 4.12. The summed E-state index contributed by atoms with van der Waals surface area (Å²) in [6.45, 7) is 2.87. The van der Waals surface area contributed by atoms with Crippen molar-refractivity contribution in [2.45, 2.75) is 13.5 Å². The molecule has 5 heteroatoms. The molecule has 1 fully saturated rings. The number of amides is 1. The molecule has 1 heterocycles. The summed E-state index contributed by atoms with van der Waals surface area (Å²) in [6.07, 6.45) is -0.328. The number of rotatable bonds is 4. The highest BCUT2D eigenvalue weighted by Gasteiger charge is 2.23. The van der Waals surface area contributed by atoms with Crippen LogP contribution in [0.2, 0.25) is 0 Å². The zero-order valence-corrected chi connectivity index (χ0v) is 10.4. The van der Waals surface area contributed by atoms with Crippen LogP contribution in [0.4, 0.5) is 4.79 Å². The summed E-state index contributed by atoms with van der Waals surface area (Å²) in [5, 5.41) is 0. The summed E-state index contributed by atoms with van der Waals surface area (Å²) in [5.74, 6) is 0.655. The Kier molecular flexibility index (Phi) is 3.50. The Labute approximate surface area is 105 Å². The number of methoxy groups -OCH3 is 1. The van der Waals surface area contributed by atoms with Crippen molar-refractivity contribution < 1.29 is 19.1 Å². The van der Waals surface area contributed by atoms with E-state index in [4.69, 9.17) is 9.47 Å². The molecule has 0 N–H and O–H groups in total. The van der Waals surface area contributed by atoms with Crippen molar-refractivity contribution in [3.63, 3.8) is 0 Å². The number of benzene rings is 1. The first-order valence-electron chi connectivity index (χ1n) is 5.71. The molecule has 2 rings (SSSR count). The second-order valence-electron chi connectivity index (χ2n) is 4.12. The van der Waals surface area contributed by atoms with Gasteiger partial charge in [0.05, 0.1) is 20.2 Å². The van der Waals surface area contributed by atoms with Crippen molar-refractivity contribution in [3.8, 4) is 5.75 Å². The maximum Gasteiger partial charge on any atom is 0.410 e. The van der Waals surface area contributed by atoms with Gasteiger partial charge in [0.25, 0.3) is 0 Å². The normalized spacial score (nSPS) is 14.6. The van der Waals surface area contributed by atoms with Crippen LogP contribution in [0.1, 0.15) is 22.8 Å². The Balaban J connectivity index is 2.26. The van der Waals surface area contributed by atoms with Crippen molar-refractivity contribution in [1.82, 2.24) is 4.90 Å². The van der Waals surface area contributed by atoms with Gasteiger partial charge >= 0.3 is 6.09 Å². The van der Waals surface area contributed by atoms with Gasteiger partial charge in [-0.1, -0.05) is 0 Å². The molecule has 1 saturated heterocycles. The molecule has 0 bridgehead atoms. The molecule has 0 saturated carbocycles. The van der Waals surface area contributed by atoms with Gasteiger partial charge in [-0.3, -0.25) is 4.79 Å². The molecule has 5 nitrogen and oxygen atoms in total. The number of carbonyl (C=O) groups is 2. The van der Waals surface area contributed by atoms with Crippen LogP contribution in [0.3, 0.4) is 0 Å². The van der Waals surface area contributed by atoms with Crippen LogP contribution in [0.5, 0.6) is 5.75 Å². The molecule has 1 aromatic carbocycles. The fourth-order valence-corrected chi connectivity index (χ4v) is 1.90. The summed E-state index contributed by atoms with van der Waals surface area (Å²) in [4.78, 5) is 24.3. The van der Waals surface area contributed by atoms with Crippen molar-refractivity contribution in [2.24, 2.45) is 0 Å². The van der Waals surface area contributed by atoms with E-state index in [1.165, 1.54) is 6.92 Å². The molecule has 0 aromatic heterocycles. The molecule has 18 heavy (non-hydrogen) atoms. The molecule has 0 unspecified atom stereocenters. The van der Waals surface area contributed by atoms with Gasteiger partial charge < -0.3 is 14.4 Å². The summed E-state index contributed by atoms with van der Waals surface area (Å²) in [7, 11) is 1.56. The second kappa shape index (κ2) is 5.08. The van der Waals surface area contributed by atoms with Gasteiger partial charge in [0, 0.05) is 11.1 Å². The van der Waals surface area contributed by atoms with E-state index in [0.29, 0.717) is 31.0 Å². The van der Waals surface area contributed by atoms with Crippen LogP contribution < -0.4 is 4.74 Å². The monoisotopic (exact) mass is 249 g/mol. The van der Waals surface area contributed by atoms with Gasteiger partial charge in [-0.2, -0.15) is 0 Å². The van der Waals surface area contributed by atoms with Crippen LogP contribution in [-0.2, 0) is 11.3 Å². The lowest BCUT2D eigenvalue weighted by molar-refractivity contribution is 0.101. The third kappa shape index (κ3) is 2.45. The van der Waals surface area contributed by atoms with Gasteiger partial charge in [0.1, 0.15) is 12.4 Å². The van der Waals surface area contributed by atoms with Gasteiger partial charge in [-0.05, 0) is 25.1 Å². The van der Waals surface area contributed by atoms with E-state index in [1.807, 2.05) is 0 Å². The highest BCUT2D eigenvalue weighted by molar-refractivity contribution is 5.94. The summed E-state index contributed by atoms with van der Waals surface area (Å²) in [6, 6.07) is 5.22. The Morgan fingerprint density at radius 3 is 2.83 bits per heavy atom. The molecular weight excluding hydrogens is 234 g/mol. The standard InChI is InChI=1S/C13H15NO4/c1-9(15)10-3-4-12(17-2)11(7-10)8-14-5-6-18-13(14)16/h3-4,7H,5-6,8H2,1-2H3. The average Bonchev–Trinajstić information content (AvgIpc) is 2.75. The summed E-state index contributed by atoms with van der Waals surface area (Å²) < 4.78 is 10.1. The lowest BCUT2D eigenvalue weighted by Gasteiger charge is -2.15. The SMILES string of the molecule is COc1ccc(C(C)=O)cc1CN1CCOC1=O. The van der Waals surface area contributed by atoms with Crippen LogP contribution in [-0.4, -0.2) is 37.0 Å². The van der Waals surface area contributed by atoms with Gasteiger partial charge in [-0.15, -0.1) is 0 Å². The molecule has 0 atom stereocenters. The molecule has 0 radical (unpaired) electrons. The smallest absolute Gasteiger partial charge is 0.410 e. The maximum atomic E-state index is 11.4. The first-order chi connectivity index (χ1) is 8.61. The molecule has 0 spiro atoms. The number of ether oxygens (including phenoxy) is 2. The third-order valence-electron chi connectivity index (χ3n) is 2.89. The Bertz CT molecular complexity index is 484. The molecule has 1 aliphatic rings. The van der Waals surface area contributed by atoms with Crippen LogP contribution in [0, 0.1) is 0 Å². The van der Waals surface area contributed by atoms with Gasteiger partial charge in [-0.25, -0.2) is 4.79 Å². The van der Waals surface area contributed by atoms with Crippen LogP contribution in [0.25, 0.3) is 0 Å². The zero-order valence-electron chi connectivity index (χ0n) is 10.4. The van der Waals surface area contributed by atoms with Crippen LogP contribution >= 0.6 is 0 Å². The highest BCUT2D eigenvalue weighted by atomic mass is 16.6. The largest absolute Gasteiger partial charge is 0.496 e. The predicted molar refractivity (Wildman–Crippen MR) is 64.8 cm³/mol. The minimum absolute atomic E-state index is 0.0112. The van der Waals surface area contributed by atoms with Crippen LogP contribution in [0.15, 0.2) is 18.2 Å². The molecular formula is C13H15NO4. The number of ketones is 1. The Hall–Kier alpha value is -2.04. The average molecular weight is 249 g/mol. The maximum absolute atomic E-state index is 11.4. The molecule has 0 aliphatic carbocycles. The lowest BCUT2D eigenvalue weighted by Crippen LogP contribution is -2.23. The summed E-state index contributed by atoms with van der Waals surface area (Å²) >= 11 is 0. The topological polar surface area (TPSA) is 55.8 Å². The van der Waals surface area contributed by atoms with E-state index in [2.05, 4.69) is 0 Å². The number of cyclic esters (lactones) is 1. The van der Waals surface area contributed by atoms with Gasteiger partial charge in [0.2, 0.25) is 0 Å². The minimum atomic E-state index is -0.328. The van der Waals surface area contributed by atoms with E-state index < -0.39 is 0 Å². The molecule has 1 aliphatic heterocycles.